The van der Waals surface area contributed by atoms with Gasteiger partial charge in [-0.15, -0.1) is 0 Å². The zero-order chi connectivity index (χ0) is 26.6. The Kier molecular flexibility index (Phi) is 8.64. The number of nitrogens with zero attached hydrogens (tertiary/aromatic N) is 4. The molecule has 0 fully saturated rings. The molecule has 12 heteroatoms. The number of aromatic nitrogens is 3. The molecule has 2 aromatic heterocycles. The smallest absolute Gasteiger partial charge is 0.248 e. The number of aliphatic hydroxyl groups excluding tert-OH is 2. The van der Waals surface area contributed by atoms with Gasteiger partial charge in [-0.25, -0.2) is 17.8 Å². The molecule has 0 radical (unpaired) electrons. The van der Waals surface area contributed by atoms with Crippen LogP contribution in [-0.2, 0) is 27.7 Å². The summed E-state index contributed by atoms with van der Waals surface area (Å²) in [4.78, 5) is 18.4. The fourth-order valence-electron chi connectivity index (χ4n) is 4.39. The van der Waals surface area contributed by atoms with Gasteiger partial charge in [-0.3, -0.25) is 4.79 Å². The first-order chi connectivity index (χ1) is 17.1. The number of hydrogen-bond donors (Lipinski definition) is 3. The molecule has 0 aliphatic carbocycles. The largest absolute Gasteiger partial charge is 0.392 e. The maximum absolute atomic E-state index is 14.3. The summed E-state index contributed by atoms with van der Waals surface area (Å²) in [5.41, 5.74) is 7.78. The molecule has 196 valence electrons. The van der Waals surface area contributed by atoms with E-state index in [0.29, 0.717) is 36.9 Å². The average molecular weight is 522 g/mol. The van der Waals surface area contributed by atoms with E-state index in [1.165, 1.54) is 22.8 Å². The van der Waals surface area contributed by atoms with Crippen LogP contribution in [0.5, 0.6) is 0 Å². The number of halogens is 1. The second-order valence-electron chi connectivity index (χ2n) is 8.65. The molecule has 0 aliphatic heterocycles. The molecule has 10 nitrogen and oxygen atoms in total. The third kappa shape index (κ3) is 5.50. The molecule has 0 bridgehead atoms. The van der Waals surface area contributed by atoms with Gasteiger partial charge in [0.05, 0.1) is 18.5 Å². The lowest BCUT2D eigenvalue weighted by Crippen LogP contribution is -2.42. The molecule has 1 amide bonds. The molecule has 36 heavy (non-hydrogen) atoms. The molecular formula is C24H32FN5O5S. The van der Waals surface area contributed by atoms with Gasteiger partial charge >= 0.3 is 0 Å². The summed E-state index contributed by atoms with van der Waals surface area (Å²) in [6.07, 6.45) is 4.38. The van der Waals surface area contributed by atoms with E-state index < -0.39 is 28.9 Å². The van der Waals surface area contributed by atoms with Crippen LogP contribution in [0.15, 0.2) is 29.3 Å². The average Bonchev–Trinajstić information content (AvgIpc) is 3.26. The lowest BCUT2D eigenvalue weighted by atomic mass is 10.0. The molecule has 0 saturated heterocycles. The van der Waals surface area contributed by atoms with Gasteiger partial charge in [0.15, 0.2) is 15.5 Å². The van der Waals surface area contributed by atoms with Gasteiger partial charge in [0.1, 0.15) is 23.1 Å². The summed E-state index contributed by atoms with van der Waals surface area (Å²) in [5.74, 6) is -1.09. The van der Waals surface area contributed by atoms with Crippen LogP contribution in [0.1, 0.15) is 44.4 Å². The number of hydrogen-bond acceptors (Lipinski definition) is 8. The molecule has 4 N–H and O–H groups in total. The van der Waals surface area contributed by atoms with Crippen molar-refractivity contribution in [3.05, 3.63) is 41.5 Å². The van der Waals surface area contributed by atoms with Crippen LogP contribution in [0.2, 0.25) is 0 Å². The highest BCUT2D eigenvalue weighted by atomic mass is 32.2. The van der Waals surface area contributed by atoms with Crippen LogP contribution in [0, 0.1) is 5.82 Å². The van der Waals surface area contributed by atoms with Crippen LogP contribution in [0.3, 0.4) is 0 Å². The normalized spacial score (nSPS) is 12.7. The Morgan fingerprint density at radius 3 is 2.56 bits per heavy atom. The maximum atomic E-state index is 14.3. The summed E-state index contributed by atoms with van der Waals surface area (Å²) in [7, 11) is -3.79. The minimum atomic E-state index is -3.79. The molecule has 2 heterocycles. The fourth-order valence-corrected chi connectivity index (χ4v) is 5.44. The zero-order valence-electron chi connectivity index (χ0n) is 20.6. The van der Waals surface area contributed by atoms with Crippen molar-refractivity contribution in [1.29, 1.82) is 0 Å². The van der Waals surface area contributed by atoms with Gasteiger partial charge in [0, 0.05) is 30.0 Å². The molecule has 0 saturated carbocycles. The number of carbonyl (C=O) groups is 1. The first-order valence-electron chi connectivity index (χ1n) is 11.7. The Labute approximate surface area is 209 Å². The number of benzene rings is 1. The number of nitrogen functional groups attached to an aromatic ring is 1. The topological polar surface area (TPSA) is 151 Å². The minimum Gasteiger partial charge on any atom is -0.392 e. The van der Waals surface area contributed by atoms with Crippen LogP contribution >= 0.6 is 0 Å². The Morgan fingerprint density at radius 1 is 1.28 bits per heavy atom. The molecule has 0 spiro atoms. The third-order valence-corrected chi connectivity index (χ3v) is 7.35. The number of anilines is 1. The molecule has 0 aliphatic rings. The van der Waals surface area contributed by atoms with Gasteiger partial charge in [0.2, 0.25) is 5.91 Å². The van der Waals surface area contributed by atoms with E-state index >= 15 is 0 Å². The number of amides is 1. The summed E-state index contributed by atoms with van der Waals surface area (Å²) >= 11 is 0. The lowest BCUT2D eigenvalue weighted by molar-refractivity contribution is -0.136. The van der Waals surface area contributed by atoms with E-state index in [1.54, 1.807) is 11.0 Å². The summed E-state index contributed by atoms with van der Waals surface area (Å²) < 4.78 is 40.9. The number of nitrogens with two attached hydrogens (primary N) is 1. The summed E-state index contributed by atoms with van der Waals surface area (Å²) in [5, 5.41) is 22.8. The Bertz CT molecular complexity index is 1360. The van der Waals surface area contributed by atoms with Crippen molar-refractivity contribution >= 4 is 27.2 Å². The summed E-state index contributed by atoms with van der Waals surface area (Å²) in [6.45, 7) is 3.26. The van der Waals surface area contributed by atoms with E-state index in [0.717, 1.165) is 6.26 Å². The van der Waals surface area contributed by atoms with Gasteiger partial charge in [-0.1, -0.05) is 26.0 Å². The van der Waals surface area contributed by atoms with Gasteiger partial charge in [-0.2, -0.15) is 9.61 Å². The maximum Gasteiger partial charge on any atom is 0.248 e. The quantitative estimate of drug-likeness (QED) is 0.346. The van der Waals surface area contributed by atoms with Gasteiger partial charge < -0.3 is 20.8 Å². The van der Waals surface area contributed by atoms with Crippen LogP contribution in [0.4, 0.5) is 10.2 Å². The number of carbonyl (C=O) groups excluding carboxylic acids is 1. The molecule has 1 atom stereocenters. The predicted molar refractivity (Wildman–Crippen MR) is 133 cm³/mol. The fraction of sp³-hybridized carbons (Fsp3) is 0.458. The van der Waals surface area contributed by atoms with E-state index in [1.807, 2.05) is 13.8 Å². The van der Waals surface area contributed by atoms with Crippen molar-refractivity contribution < 1.29 is 27.8 Å². The number of fused-ring (bicyclic) bond motifs is 1. The van der Waals surface area contributed by atoms with E-state index in [-0.39, 0.29) is 46.0 Å². The van der Waals surface area contributed by atoms with Gasteiger partial charge in [-0.05, 0) is 37.3 Å². The first kappa shape index (κ1) is 27.5. The third-order valence-electron chi connectivity index (χ3n) is 6.16. The molecule has 1 aromatic carbocycles. The molecule has 0 unspecified atom stereocenters. The predicted octanol–water partition coefficient (Wildman–Crippen LogP) is 1.96. The zero-order valence-corrected chi connectivity index (χ0v) is 21.4. The Balaban J connectivity index is 2.10. The van der Waals surface area contributed by atoms with Crippen LogP contribution in [-0.4, -0.2) is 69.5 Å². The van der Waals surface area contributed by atoms with E-state index in [2.05, 4.69) is 10.1 Å². The lowest BCUT2D eigenvalue weighted by Gasteiger charge is -2.30. The second-order valence-corrected chi connectivity index (χ2v) is 10.6. The SMILES string of the molecule is CCCN(C(=O)CO)[C@H](CC)CCc1nc2c(-c3ccc(CO)c(F)c3)cnn2c(N)c1S(C)(=O)=O. The highest BCUT2D eigenvalue weighted by Crippen LogP contribution is 2.31. The van der Waals surface area contributed by atoms with Crippen molar-refractivity contribution in [3.63, 3.8) is 0 Å². The Hall–Kier alpha value is -3.09. The van der Waals surface area contributed by atoms with E-state index in [4.69, 9.17) is 5.73 Å². The van der Waals surface area contributed by atoms with Crippen molar-refractivity contribution in [2.75, 3.05) is 25.1 Å². The second kappa shape index (κ2) is 11.3. The van der Waals surface area contributed by atoms with Crippen molar-refractivity contribution in [3.8, 4) is 11.1 Å². The van der Waals surface area contributed by atoms with Gasteiger partial charge in [0.25, 0.3) is 0 Å². The molecule has 3 aromatic rings. The highest BCUT2D eigenvalue weighted by Gasteiger charge is 2.27. The monoisotopic (exact) mass is 521 g/mol. The number of aliphatic hydroxyl groups is 2. The Morgan fingerprint density at radius 2 is 2.00 bits per heavy atom. The van der Waals surface area contributed by atoms with Crippen molar-refractivity contribution in [1.82, 2.24) is 19.5 Å². The van der Waals surface area contributed by atoms with Crippen molar-refractivity contribution in [2.45, 2.75) is 57.1 Å². The van der Waals surface area contributed by atoms with Crippen LogP contribution < -0.4 is 5.73 Å². The number of sulfone groups is 1. The van der Waals surface area contributed by atoms with Crippen LogP contribution in [0.25, 0.3) is 16.8 Å². The first-order valence-corrected chi connectivity index (χ1v) is 13.6. The highest BCUT2D eigenvalue weighted by molar-refractivity contribution is 7.91. The molecular weight excluding hydrogens is 489 g/mol. The van der Waals surface area contributed by atoms with E-state index in [9.17, 15) is 27.8 Å². The number of rotatable bonds is 11. The standard InChI is InChI=1S/C24H32FN5O5S/c1-4-10-29(21(33)14-32)17(5-2)8-9-20-22(36(3,34)35)23(26)30-24(28-20)18(12-27-30)15-6-7-16(13-31)19(25)11-15/h6-7,11-12,17,31-32H,4-5,8-10,13-14,26H2,1-3H3/t17-/m1/s1. The minimum absolute atomic E-state index is 0.110. The summed E-state index contributed by atoms with van der Waals surface area (Å²) in [6, 6.07) is 4.08. The molecule has 3 rings (SSSR count). The number of aryl methyl sites for hydroxylation is 1. The van der Waals surface area contributed by atoms with Crippen molar-refractivity contribution in [2.24, 2.45) is 0 Å².